The van der Waals surface area contributed by atoms with Gasteiger partial charge in [-0.1, -0.05) is 13.8 Å². The maximum atomic E-state index is 10.8. The van der Waals surface area contributed by atoms with Crippen LogP contribution >= 0.6 is 24.0 Å². The largest absolute Gasteiger partial charge is 0.466 e. The molecule has 26 heavy (non-hydrogen) atoms. The quantitative estimate of drug-likeness (QED) is 0.208. The zero-order valence-electron chi connectivity index (χ0n) is 17.2. The number of aliphatic imine (C=N–C) groups is 1. The molecule has 0 bridgehead atoms. The second kappa shape index (κ2) is 12.6. The van der Waals surface area contributed by atoms with Gasteiger partial charge in [0.05, 0.1) is 6.54 Å². The van der Waals surface area contributed by atoms with Crippen LogP contribution in [-0.4, -0.2) is 55.2 Å². The molecule has 1 aromatic heterocycles. The molecule has 6 nitrogen and oxygen atoms in total. The van der Waals surface area contributed by atoms with Crippen LogP contribution in [0.5, 0.6) is 0 Å². The Labute approximate surface area is 175 Å². The minimum atomic E-state index is -1.05. The summed E-state index contributed by atoms with van der Waals surface area (Å²) in [6.45, 7) is 17.1. The van der Waals surface area contributed by atoms with Gasteiger partial charge in [0.15, 0.2) is 5.96 Å². The van der Waals surface area contributed by atoms with Crippen molar-refractivity contribution in [3.8, 4) is 0 Å². The van der Waals surface area contributed by atoms with Gasteiger partial charge in [-0.2, -0.15) is 0 Å². The van der Waals surface area contributed by atoms with Crippen LogP contribution in [-0.2, 0) is 5.60 Å². The van der Waals surface area contributed by atoms with Gasteiger partial charge in [0, 0.05) is 18.7 Å². The third kappa shape index (κ3) is 8.26. The molecule has 0 fully saturated rings. The molecule has 1 heterocycles. The third-order valence-corrected chi connectivity index (χ3v) is 4.35. The monoisotopic (exact) mass is 480 g/mol. The predicted octanol–water partition coefficient (Wildman–Crippen LogP) is 3.01. The summed E-state index contributed by atoms with van der Waals surface area (Å²) in [7, 11) is 0. The lowest BCUT2D eigenvalue weighted by molar-refractivity contribution is 0.0657. The zero-order valence-corrected chi connectivity index (χ0v) is 19.5. The summed E-state index contributed by atoms with van der Waals surface area (Å²) in [5.74, 6) is 2.29. The number of guanidine groups is 1. The summed E-state index contributed by atoms with van der Waals surface area (Å²) >= 11 is 0. The van der Waals surface area contributed by atoms with Crippen LogP contribution < -0.4 is 10.6 Å². The molecular weight excluding hydrogens is 443 g/mol. The Hall–Kier alpha value is -0.800. The summed E-state index contributed by atoms with van der Waals surface area (Å²) in [6, 6.07) is 1.88. The topological polar surface area (TPSA) is 73.0 Å². The fraction of sp³-hybridized carbons (Fsp3) is 0.737. The first-order valence-corrected chi connectivity index (χ1v) is 9.38. The molecule has 0 saturated carbocycles. The molecule has 0 saturated heterocycles. The summed E-state index contributed by atoms with van der Waals surface area (Å²) in [4.78, 5) is 6.96. The Kier molecular flexibility index (Phi) is 12.2. The van der Waals surface area contributed by atoms with Crippen molar-refractivity contribution in [2.45, 2.75) is 53.6 Å². The van der Waals surface area contributed by atoms with E-state index in [4.69, 9.17) is 4.42 Å². The fourth-order valence-corrected chi connectivity index (χ4v) is 2.87. The highest BCUT2D eigenvalue weighted by atomic mass is 127. The van der Waals surface area contributed by atoms with E-state index in [-0.39, 0.29) is 30.5 Å². The van der Waals surface area contributed by atoms with E-state index >= 15 is 0 Å². The molecule has 0 aliphatic heterocycles. The van der Waals surface area contributed by atoms with Crippen molar-refractivity contribution < 1.29 is 9.52 Å². The van der Waals surface area contributed by atoms with Crippen molar-refractivity contribution in [3.05, 3.63) is 23.2 Å². The Morgan fingerprint density at radius 2 is 1.88 bits per heavy atom. The number of rotatable bonds is 10. The van der Waals surface area contributed by atoms with Crippen LogP contribution in [0.25, 0.3) is 0 Å². The van der Waals surface area contributed by atoms with Gasteiger partial charge in [-0.15, -0.1) is 24.0 Å². The Balaban J connectivity index is 0.00000625. The lowest BCUT2D eigenvalue weighted by Gasteiger charge is -2.22. The molecule has 1 aromatic rings. The minimum absolute atomic E-state index is 0. The van der Waals surface area contributed by atoms with Crippen LogP contribution in [0.4, 0.5) is 0 Å². The lowest BCUT2D eigenvalue weighted by atomic mass is 9.96. The number of halogens is 1. The molecule has 1 unspecified atom stereocenters. The number of aliphatic hydroxyl groups is 1. The highest BCUT2D eigenvalue weighted by Gasteiger charge is 2.27. The van der Waals surface area contributed by atoms with Gasteiger partial charge < -0.3 is 25.1 Å². The van der Waals surface area contributed by atoms with Crippen LogP contribution in [0.3, 0.4) is 0 Å². The zero-order chi connectivity index (χ0) is 18.9. The van der Waals surface area contributed by atoms with Gasteiger partial charge in [-0.25, -0.2) is 4.99 Å². The SMILES string of the molecule is CCNC(=NCC(C)(O)c1cc(C)oc1C)NCCCN(CC)CC.I. The third-order valence-electron chi connectivity index (χ3n) is 4.35. The second-order valence-electron chi connectivity index (χ2n) is 6.60. The van der Waals surface area contributed by atoms with E-state index in [1.807, 2.05) is 26.8 Å². The van der Waals surface area contributed by atoms with Crippen LogP contribution in [0.15, 0.2) is 15.5 Å². The van der Waals surface area contributed by atoms with Gasteiger partial charge in [0.2, 0.25) is 0 Å². The van der Waals surface area contributed by atoms with Crippen LogP contribution in [0.1, 0.15) is 51.2 Å². The standard InChI is InChI=1S/C19H36N4O2.HI/c1-7-20-18(21-11-10-12-23(8-2)9-3)22-14-19(6,24)17-13-15(4)25-16(17)5;/h13,24H,7-12,14H2,1-6H3,(H2,20,21,22);1H. The van der Waals surface area contributed by atoms with Gasteiger partial charge in [0.25, 0.3) is 0 Å². The molecule has 0 amide bonds. The molecule has 7 heteroatoms. The van der Waals surface area contributed by atoms with E-state index in [1.54, 1.807) is 6.92 Å². The molecule has 0 aliphatic carbocycles. The van der Waals surface area contributed by atoms with Gasteiger partial charge in [-0.05, 0) is 59.8 Å². The number of nitrogens with zero attached hydrogens (tertiary/aromatic N) is 2. The average Bonchev–Trinajstić information content (AvgIpc) is 2.92. The normalized spacial score (nSPS) is 14.1. The lowest BCUT2D eigenvalue weighted by Crippen LogP contribution is -2.40. The molecule has 0 radical (unpaired) electrons. The molecule has 152 valence electrons. The predicted molar refractivity (Wildman–Crippen MR) is 120 cm³/mol. The van der Waals surface area contributed by atoms with Crippen LogP contribution in [0, 0.1) is 13.8 Å². The molecular formula is C19H37IN4O2. The highest BCUT2D eigenvalue weighted by Crippen LogP contribution is 2.27. The number of furan rings is 1. The van der Waals surface area contributed by atoms with E-state index in [9.17, 15) is 5.11 Å². The summed E-state index contributed by atoms with van der Waals surface area (Å²) in [6.07, 6.45) is 1.06. The first-order chi connectivity index (χ1) is 11.8. The molecule has 3 N–H and O–H groups in total. The van der Waals surface area contributed by atoms with Crippen LogP contribution in [0.2, 0.25) is 0 Å². The van der Waals surface area contributed by atoms with Crippen molar-refractivity contribution in [1.29, 1.82) is 0 Å². The van der Waals surface area contributed by atoms with E-state index < -0.39 is 5.60 Å². The smallest absolute Gasteiger partial charge is 0.191 e. The molecule has 0 aromatic carbocycles. The van der Waals surface area contributed by atoms with Gasteiger partial charge in [-0.3, -0.25) is 0 Å². The minimum Gasteiger partial charge on any atom is -0.466 e. The van der Waals surface area contributed by atoms with E-state index in [0.29, 0.717) is 0 Å². The second-order valence-corrected chi connectivity index (χ2v) is 6.60. The summed E-state index contributed by atoms with van der Waals surface area (Å²) < 4.78 is 5.53. The Bertz CT molecular complexity index is 540. The Morgan fingerprint density at radius 3 is 2.38 bits per heavy atom. The Morgan fingerprint density at radius 1 is 1.23 bits per heavy atom. The number of aryl methyl sites for hydroxylation is 2. The van der Waals surface area contributed by atoms with Gasteiger partial charge in [0.1, 0.15) is 17.1 Å². The van der Waals surface area contributed by atoms with Crippen molar-refractivity contribution in [1.82, 2.24) is 15.5 Å². The molecule has 1 atom stereocenters. The number of hydrogen-bond donors (Lipinski definition) is 3. The number of nitrogens with one attached hydrogen (secondary N) is 2. The maximum absolute atomic E-state index is 10.8. The van der Waals surface area contributed by atoms with E-state index in [0.717, 1.165) is 62.2 Å². The summed E-state index contributed by atoms with van der Waals surface area (Å²) in [5, 5.41) is 17.4. The van der Waals surface area contributed by atoms with E-state index in [1.165, 1.54) is 0 Å². The van der Waals surface area contributed by atoms with Crippen molar-refractivity contribution >= 4 is 29.9 Å². The van der Waals surface area contributed by atoms with Crippen molar-refractivity contribution in [2.75, 3.05) is 39.3 Å². The molecule has 0 spiro atoms. The first kappa shape index (κ1) is 25.2. The fourth-order valence-electron chi connectivity index (χ4n) is 2.87. The van der Waals surface area contributed by atoms with Gasteiger partial charge >= 0.3 is 0 Å². The maximum Gasteiger partial charge on any atom is 0.191 e. The van der Waals surface area contributed by atoms with E-state index in [2.05, 4.69) is 34.4 Å². The van der Waals surface area contributed by atoms with Crippen molar-refractivity contribution in [3.63, 3.8) is 0 Å². The first-order valence-electron chi connectivity index (χ1n) is 9.38. The van der Waals surface area contributed by atoms with Crippen molar-refractivity contribution in [2.24, 2.45) is 4.99 Å². The number of hydrogen-bond acceptors (Lipinski definition) is 4. The average molecular weight is 480 g/mol. The highest BCUT2D eigenvalue weighted by molar-refractivity contribution is 14.0. The summed E-state index contributed by atoms with van der Waals surface area (Å²) in [5.41, 5.74) is -0.253. The molecule has 0 aliphatic rings. The molecule has 1 rings (SSSR count).